The van der Waals surface area contributed by atoms with Crippen LogP contribution in [0.1, 0.15) is 10.4 Å². The van der Waals surface area contributed by atoms with Crippen molar-refractivity contribution in [2.45, 2.75) is 0 Å². The highest BCUT2D eigenvalue weighted by atomic mass is 32.1. The van der Waals surface area contributed by atoms with Crippen LogP contribution >= 0.6 is 12.2 Å². The van der Waals surface area contributed by atoms with Gasteiger partial charge in [-0.25, -0.2) is 4.39 Å². The summed E-state index contributed by atoms with van der Waals surface area (Å²) in [6.07, 6.45) is 0. The zero-order chi connectivity index (χ0) is 13.7. The van der Waals surface area contributed by atoms with E-state index in [-0.39, 0.29) is 10.7 Å². The molecule has 0 bridgehead atoms. The summed E-state index contributed by atoms with van der Waals surface area (Å²) in [5.41, 5.74) is 0.990. The van der Waals surface area contributed by atoms with Gasteiger partial charge in [-0.05, 0) is 42.5 Å². The van der Waals surface area contributed by atoms with Crippen molar-refractivity contribution in [3.8, 4) is 0 Å². The van der Waals surface area contributed by atoms with E-state index < -0.39 is 11.7 Å². The van der Waals surface area contributed by atoms with Gasteiger partial charge < -0.3 is 5.32 Å². The average Bonchev–Trinajstić information content (AvgIpc) is 2.39. The number of anilines is 1. The molecule has 0 saturated carbocycles. The van der Waals surface area contributed by atoms with E-state index in [1.807, 2.05) is 30.3 Å². The van der Waals surface area contributed by atoms with Gasteiger partial charge in [0.1, 0.15) is 5.82 Å². The molecule has 0 aliphatic carbocycles. The van der Waals surface area contributed by atoms with Crippen LogP contribution in [0.15, 0.2) is 54.6 Å². The first-order chi connectivity index (χ1) is 9.15. The third kappa shape index (κ3) is 3.86. The van der Waals surface area contributed by atoms with Crippen molar-refractivity contribution < 1.29 is 9.18 Å². The van der Waals surface area contributed by atoms with Gasteiger partial charge in [0.15, 0.2) is 5.11 Å². The molecular weight excluding hydrogens is 263 g/mol. The number of para-hydroxylation sites is 1. The fourth-order valence-electron chi connectivity index (χ4n) is 1.49. The average molecular weight is 274 g/mol. The number of carbonyl (C=O) groups excluding carboxylic acids is 1. The van der Waals surface area contributed by atoms with Gasteiger partial charge in [-0.3, -0.25) is 10.1 Å². The highest BCUT2D eigenvalue weighted by Gasteiger charge is 2.08. The summed E-state index contributed by atoms with van der Waals surface area (Å²) >= 11 is 5.01. The number of halogens is 1. The molecule has 2 aromatic carbocycles. The molecular formula is C14H11FN2OS. The molecule has 5 heteroatoms. The lowest BCUT2D eigenvalue weighted by atomic mass is 10.2. The van der Waals surface area contributed by atoms with E-state index in [0.717, 1.165) is 11.8 Å². The fraction of sp³-hybridized carbons (Fsp3) is 0. The third-order valence-corrected chi connectivity index (χ3v) is 2.55. The Morgan fingerprint density at radius 1 is 1.05 bits per heavy atom. The first-order valence-corrected chi connectivity index (χ1v) is 5.99. The summed E-state index contributed by atoms with van der Waals surface area (Å²) in [4.78, 5) is 11.8. The van der Waals surface area contributed by atoms with Gasteiger partial charge in [-0.2, -0.15) is 0 Å². The lowest BCUT2D eigenvalue weighted by Crippen LogP contribution is -2.34. The normalized spacial score (nSPS) is 9.74. The molecule has 0 radical (unpaired) electrons. The van der Waals surface area contributed by atoms with Gasteiger partial charge in [-0.15, -0.1) is 0 Å². The molecule has 2 aromatic rings. The van der Waals surface area contributed by atoms with Crippen LogP contribution in [0, 0.1) is 5.82 Å². The van der Waals surface area contributed by atoms with Crippen LogP contribution in [0.25, 0.3) is 0 Å². The maximum Gasteiger partial charge on any atom is 0.257 e. The maximum absolute atomic E-state index is 13.0. The number of hydrogen-bond donors (Lipinski definition) is 2. The second-order valence-electron chi connectivity index (χ2n) is 3.78. The van der Waals surface area contributed by atoms with Crippen molar-refractivity contribution in [1.82, 2.24) is 5.32 Å². The molecule has 3 nitrogen and oxygen atoms in total. The van der Waals surface area contributed by atoms with Crippen LogP contribution in [0.3, 0.4) is 0 Å². The first-order valence-electron chi connectivity index (χ1n) is 5.58. The van der Waals surface area contributed by atoms with Gasteiger partial charge in [0.2, 0.25) is 0 Å². The van der Waals surface area contributed by atoms with Crippen molar-refractivity contribution in [2.75, 3.05) is 5.32 Å². The van der Waals surface area contributed by atoms with E-state index in [1.165, 1.54) is 18.2 Å². The van der Waals surface area contributed by atoms with Crippen LogP contribution in [0.5, 0.6) is 0 Å². The molecule has 2 N–H and O–H groups in total. The monoisotopic (exact) mass is 274 g/mol. The Bertz CT molecular complexity index is 601. The summed E-state index contributed by atoms with van der Waals surface area (Å²) in [6.45, 7) is 0. The van der Waals surface area contributed by atoms with Crippen LogP contribution < -0.4 is 10.6 Å². The molecule has 0 aliphatic heterocycles. The highest BCUT2D eigenvalue weighted by Crippen LogP contribution is 2.06. The molecule has 0 unspecified atom stereocenters. The second-order valence-corrected chi connectivity index (χ2v) is 4.19. The minimum absolute atomic E-state index is 0.167. The third-order valence-electron chi connectivity index (χ3n) is 2.35. The van der Waals surface area contributed by atoms with Crippen molar-refractivity contribution in [2.24, 2.45) is 0 Å². The molecule has 0 saturated heterocycles. The van der Waals surface area contributed by atoms with Crippen molar-refractivity contribution in [3.63, 3.8) is 0 Å². The summed E-state index contributed by atoms with van der Waals surface area (Å²) in [7, 11) is 0. The Morgan fingerprint density at radius 2 is 1.79 bits per heavy atom. The summed E-state index contributed by atoms with van der Waals surface area (Å²) in [6, 6.07) is 14.6. The van der Waals surface area contributed by atoms with Gasteiger partial charge in [-0.1, -0.05) is 24.3 Å². The smallest absolute Gasteiger partial charge is 0.257 e. The molecule has 1 amide bonds. The summed E-state index contributed by atoms with van der Waals surface area (Å²) in [5, 5.41) is 5.52. The van der Waals surface area contributed by atoms with Crippen LogP contribution in [-0.4, -0.2) is 11.0 Å². The van der Waals surface area contributed by atoms with E-state index in [4.69, 9.17) is 12.2 Å². The quantitative estimate of drug-likeness (QED) is 0.827. The predicted octanol–water partition coefficient (Wildman–Crippen LogP) is 2.95. The molecule has 19 heavy (non-hydrogen) atoms. The standard InChI is InChI=1S/C14H11FN2OS/c15-11-6-4-5-10(9-11)13(18)17-14(19)16-12-7-2-1-3-8-12/h1-9H,(H2,16,17,18,19). The van der Waals surface area contributed by atoms with E-state index in [1.54, 1.807) is 0 Å². The zero-order valence-corrected chi connectivity index (χ0v) is 10.7. The SMILES string of the molecule is O=C(NC(=S)Nc1ccccc1)c1cccc(F)c1. The minimum Gasteiger partial charge on any atom is -0.332 e. The number of rotatable bonds is 2. The Kier molecular flexibility index (Phi) is 4.20. The Labute approximate surface area is 115 Å². The van der Waals surface area contributed by atoms with Crippen molar-refractivity contribution in [1.29, 1.82) is 0 Å². The molecule has 0 fully saturated rings. The lowest BCUT2D eigenvalue weighted by molar-refractivity contribution is 0.0977. The number of nitrogens with one attached hydrogen (secondary N) is 2. The second kappa shape index (κ2) is 6.06. The topological polar surface area (TPSA) is 41.1 Å². The van der Waals surface area contributed by atoms with E-state index in [9.17, 15) is 9.18 Å². The summed E-state index contributed by atoms with van der Waals surface area (Å²) < 4.78 is 13.0. The number of benzene rings is 2. The number of hydrogen-bond acceptors (Lipinski definition) is 2. The van der Waals surface area contributed by atoms with Crippen LogP contribution in [-0.2, 0) is 0 Å². The molecule has 0 heterocycles. The summed E-state index contributed by atoms with van der Waals surface area (Å²) in [5.74, 6) is -0.914. The number of thiocarbonyl (C=S) groups is 1. The van der Waals surface area contributed by atoms with Crippen molar-refractivity contribution in [3.05, 3.63) is 66.0 Å². The largest absolute Gasteiger partial charge is 0.332 e. The lowest BCUT2D eigenvalue weighted by Gasteiger charge is -2.09. The van der Waals surface area contributed by atoms with E-state index in [0.29, 0.717) is 0 Å². The Hall–Kier alpha value is -2.27. The van der Waals surface area contributed by atoms with Crippen LogP contribution in [0.4, 0.5) is 10.1 Å². The zero-order valence-electron chi connectivity index (χ0n) is 9.89. The van der Waals surface area contributed by atoms with Gasteiger partial charge in [0.05, 0.1) is 0 Å². The molecule has 0 aliphatic rings. The van der Waals surface area contributed by atoms with Crippen molar-refractivity contribution >= 4 is 28.9 Å². The molecule has 0 atom stereocenters. The van der Waals surface area contributed by atoms with E-state index in [2.05, 4.69) is 10.6 Å². The number of amides is 1. The molecule has 2 rings (SSSR count). The Morgan fingerprint density at radius 3 is 2.47 bits per heavy atom. The minimum atomic E-state index is -0.463. The maximum atomic E-state index is 13.0. The molecule has 0 spiro atoms. The van der Waals surface area contributed by atoms with Crippen LogP contribution in [0.2, 0.25) is 0 Å². The predicted molar refractivity (Wildman–Crippen MR) is 76.5 cm³/mol. The molecule has 0 aromatic heterocycles. The van der Waals surface area contributed by atoms with Gasteiger partial charge >= 0.3 is 0 Å². The number of carbonyl (C=O) groups is 1. The molecule has 96 valence electrons. The van der Waals surface area contributed by atoms with Gasteiger partial charge in [0.25, 0.3) is 5.91 Å². The van der Waals surface area contributed by atoms with E-state index >= 15 is 0 Å². The van der Waals surface area contributed by atoms with Gasteiger partial charge in [0, 0.05) is 11.3 Å². The fourth-order valence-corrected chi connectivity index (χ4v) is 1.70. The first kappa shape index (κ1) is 13.2. The Balaban J connectivity index is 1.98. The highest BCUT2D eigenvalue weighted by molar-refractivity contribution is 7.80.